The zero-order valence-electron chi connectivity index (χ0n) is 11.5. The smallest absolute Gasteiger partial charge is 0.131 e. The fourth-order valence-electron chi connectivity index (χ4n) is 2.08. The Morgan fingerprint density at radius 1 is 1.26 bits per heavy atom. The molecule has 1 aromatic carbocycles. The van der Waals surface area contributed by atoms with Crippen LogP contribution in [0.5, 0.6) is 0 Å². The lowest BCUT2D eigenvalue weighted by Crippen LogP contribution is -2.17. The molecule has 2 N–H and O–H groups in total. The number of nitrogens with zero attached hydrogens (tertiary/aromatic N) is 2. The van der Waals surface area contributed by atoms with Gasteiger partial charge in [-0.2, -0.15) is 0 Å². The predicted octanol–water partition coefficient (Wildman–Crippen LogP) is 3.76. The summed E-state index contributed by atoms with van der Waals surface area (Å²) >= 11 is 5.87. The first kappa shape index (κ1) is 13.9. The molecule has 102 valence electrons. The average Bonchev–Trinajstić information content (AvgIpc) is 2.54. The second kappa shape index (κ2) is 4.53. The van der Waals surface area contributed by atoms with E-state index in [-0.39, 0.29) is 5.41 Å². The lowest BCUT2D eigenvalue weighted by Gasteiger charge is -2.17. The SMILES string of the molecule is Cn1c(C(C)(C)C)nc(-c2cc(F)cc(Cl)c2)c1N. The van der Waals surface area contributed by atoms with Crippen LogP contribution in [0, 0.1) is 5.82 Å². The summed E-state index contributed by atoms with van der Waals surface area (Å²) in [5, 5.41) is 0.331. The van der Waals surface area contributed by atoms with Crippen molar-refractivity contribution in [1.29, 1.82) is 0 Å². The van der Waals surface area contributed by atoms with Gasteiger partial charge in [0.25, 0.3) is 0 Å². The Labute approximate surface area is 117 Å². The first-order chi connectivity index (χ1) is 8.70. The standard InChI is InChI=1S/C14H17ClFN3/c1-14(2,3)13-18-11(12(17)19(13)4)8-5-9(15)7-10(16)6-8/h5-7H,17H2,1-4H3. The molecule has 0 spiro atoms. The van der Waals surface area contributed by atoms with Crippen molar-refractivity contribution in [3.63, 3.8) is 0 Å². The van der Waals surface area contributed by atoms with Crippen molar-refractivity contribution in [2.45, 2.75) is 26.2 Å². The van der Waals surface area contributed by atoms with Crippen LogP contribution in [-0.4, -0.2) is 9.55 Å². The highest BCUT2D eigenvalue weighted by atomic mass is 35.5. The van der Waals surface area contributed by atoms with Gasteiger partial charge >= 0.3 is 0 Å². The molecule has 0 amide bonds. The van der Waals surface area contributed by atoms with Gasteiger partial charge in [-0.3, -0.25) is 0 Å². The van der Waals surface area contributed by atoms with Crippen LogP contribution in [-0.2, 0) is 12.5 Å². The van der Waals surface area contributed by atoms with Crippen LogP contribution in [0.1, 0.15) is 26.6 Å². The fraction of sp³-hybridized carbons (Fsp3) is 0.357. The van der Waals surface area contributed by atoms with Crippen LogP contribution in [0.2, 0.25) is 5.02 Å². The summed E-state index contributed by atoms with van der Waals surface area (Å²) in [6, 6.07) is 4.31. The second-order valence-corrected chi connectivity index (χ2v) is 6.07. The third-order valence-corrected chi connectivity index (χ3v) is 3.16. The van der Waals surface area contributed by atoms with Crippen LogP contribution in [0.4, 0.5) is 10.2 Å². The van der Waals surface area contributed by atoms with E-state index in [0.29, 0.717) is 22.1 Å². The molecule has 0 aliphatic rings. The van der Waals surface area contributed by atoms with Gasteiger partial charge in [-0.1, -0.05) is 32.4 Å². The molecule has 0 saturated carbocycles. The summed E-state index contributed by atoms with van der Waals surface area (Å²) in [4.78, 5) is 4.55. The number of benzene rings is 1. The normalized spacial score (nSPS) is 11.9. The van der Waals surface area contributed by atoms with Crippen molar-refractivity contribution in [1.82, 2.24) is 9.55 Å². The Balaban J connectivity index is 2.64. The van der Waals surface area contributed by atoms with Gasteiger partial charge in [0.2, 0.25) is 0 Å². The summed E-state index contributed by atoms with van der Waals surface area (Å²) in [7, 11) is 1.85. The van der Waals surface area contributed by atoms with Gasteiger partial charge in [-0.15, -0.1) is 0 Å². The van der Waals surface area contributed by atoms with E-state index in [9.17, 15) is 4.39 Å². The molecule has 0 unspecified atom stereocenters. The molecule has 2 aromatic rings. The third kappa shape index (κ3) is 2.59. The molecule has 2 rings (SSSR count). The minimum Gasteiger partial charge on any atom is -0.383 e. The zero-order chi connectivity index (χ0) is 14.4. The van der Waals surface area contributed by atoms with E-state index < -0.39 is 5.82 Å². The van der Waals surface area contributed by atoms with Crippen LogP contribution >= 0.6 is 11.6 Å². The maximum Gasteiger partial charge on any atom is 0.131 e. The molecule has 19 heavy (non-hydrogen) atoms. The molecule has 0 aliphatic heterocycles. The van der Waals surface area contributed by atoms with Crippen LogP contribution in [0.15, 0.2) is 18.2 Å². The highest BCUT2D eigenvalue weighted by Crippen LogP contribution is 2.32. The minimum absolute atomic E-state index is 0.141. The Hall–Kier alpha value is -1.55. The molecular weight excluding hydrogens is 265 g/mol. The minimum atomic E-state index is -0.398. The van der Waals surface area contributed by atoms with E-state index in [1.165, 1.54) is 12.1 Å². The molecule has 0 saturated heterocycles. The molecular formula is C14H17ClFN3. The van der Waals surface area contributed by atoms with Gasteiger partial charge in [0, 0.05) is 23.0 Å². The van der Waals surface area contributed by atoms with Crippen molar-refractivity contribution in [3.8, 4) is 11.3 Å². The quantitative estimate of drug-likeness (QED) is 0.865. The van der Waals surface area contributed by atoms with Crippen molar-refractivity contribution >= 4 is 17.4 Å². The summed E-state index contributed by atoms with van der Waals surface area (Å²) in [5.74, 6) is 0.955. The van der Waals surface area contributed by atoms with Crippen LogP contribution < -0.4 is 5.73 Å². The van der Waals surface area contributed by atoms with Crippen molar-refractivity contribution in [2.24, 2.45) is 7.05 Å². The number of rotatable bonds is 1. The summed E-state index contributed by atoms with van der Waals surface area (Å²) in [5.41, 5.74) is 7.08. The first-order valence-electron chi connectivity index (χ1n) is 5.99. The van der Waals surface area contributed by atoms with Gasteiger partial charge in [-0.25, -0.2) is 9.37 Å². The number of hydrogen-bond acceptors (Lipinski definition) is 2. The van der Waals surface area contributed by atoms with Gasteiger partial charge < -0.3 is 10.3 Å². The van der Waals surface area contributed by atoms with E-state index in [1.54, 1.807) is 6.07 Å². The molecule has 1 aromatic heterocycles. The largest absolute Gasteiger partial charge is 0.383 e. The maximum absolute atomic E-state index is 13.4. The third-order valence-electron chi connectivity index (χ3n) is 2.95. The molecule has 3 nitrogen and oxygen atoms in total. The molecule has 0 fully saturated rings. The molecule has 0 aliphatic carbocycles. The topological polar surface area (TPSA) is 43.8 Å². The van der Waals surface area contributed by atoms with Crippen LogP contribution in [0.3, 0.4) is 0 Å². The van der Waals surface area contributed by atoms with Crippen LogP contribution in [0.25, 0.3) is 11.3 Å². The number of hydrogen-bond donors (Lipinski definition) is 1. The lowest BCUT2D eigenvalue weighted by molar-refractivity contribution is 0.524. The second-order valence-electron chi connectivity index (χ2n) is 5.64. The first-order valence-corrected chi connectivity index (χ1v) is 6.37. The Morgan fingerprint density at radius 3 is 2.37 bits per heavy atom. The van der Waals surface area contributed by atoms with Gasteiger partial charge in [0.15, 0.2) is 0 Å². The van der Waals surface area contributed by atoms with Gasteiger partial charge in [-0.05, 0) is 18.2 Å². The van der Waals surface area contributed by atoms with E-state index in [0.717, 1.165) is 5.82 Å². The summed E-state index contributed by atoms with van der Waals surface area (Å²) < 4.78 is 15.3. The molecule has 0 radical (unpaired) electrons. The summed E-state index contributed by atoms with van der Waals surface area (Å²) in [6.07, 6.45) is 0. The summed E-state index contributed by atoms with van der Waals surface area (Å²) in [6.45, 7) is 6.16. The van der Waals surface area contributed by atoms with Crippen molar-refractivity contribution in [3.05, 3.63) is 34.9 Å². The van der Waals surface area contributed by atoms with E-state index in [2.05, 4.69) is 25.8 Å². The highest BCUT2D eigenvalue weighted by Gasteiger charge is 2.24. The average molecular weight is 282 g/mol. The molecule has 0 bridgehead atoms. The molecule has 0 atom stereocenters. The number of anilines is 1. The van der Waals surface area contributed by atoms with Gasteiger partial charge in [0.1, 0.15) is 23.2 Å². The van der Waals surface area contributed by atoms with E-state index in [4.69, 9.17) is 17.3 Å². The number of nitrogen functional groups attached to an aromatic ring is 1. The fourth-order valence-corrected chi connectivity index (χ4v) is 2.31. The Bertz CT molecular complexity index is 606. The number of aromatic nitrogens is 2. The highest BCUT2D eigenvalue weighted by molar-refractivity contribution is 6.30. The number of halogens is 2. The number of nitrogens with two attached hydrogens (primary N) is 1. The molecule has 1 heterocycles. The zero-order valence-corrected chi connectivity index (χ0v) is 12.2. The van der Waals surface area contributed by atoms with E-state index >= 15 is 0 Å². The monoisotopic (exact) mass is 281 g/mol. The van der Waals surface area contributed by atoms with Crippen molar-refractivity contribution in [2.75, 3.05) is 5.73 Å². The predicted molar refractivity (Wildman–Crippen MR) is 76.7 cm³/mol. The Morgan fingerprint density at radius 2 is 1.89 bits per heavy atom. The van der Waals surface area contributed by atoms with Gasteiger partial charge in [0.05, 0.1) is 0 Å². The lowest BCUT2D eigenvalue weighted by atomic mass is 9.96. The Kier molecular flexibility index (Phi) is 3.31. The van der Waals surface area contributed by atoms with Crippen molar-refractivity contribution < 1.29 is 4.39 Å². The molecule has 5 heteroatoms. The van der Waals surface area contributed by atoms with E-state index in [1.807, 2.05) is 11.6 Å². The maximum atomic E-state index is 13.4. The number of imidazole rings is 1.